The zero-order chi connectivity index (χ0) is 18.5. The maximum atomic E-state index is 11.8. The van der Waals surface area contributed by atoms with Gasteiger partial charge in [0.25, 0.3) is 0 Å². The number of carbonyl (C=O) groups is 1. The van der Waals surface area contributed by atoms with Crippen LogP contribution >= 0.6 is 0 Å². The molecular formula is C20H41N3O. The van der Waals surface area contributed by atoms with E-state index in [2.05, 4.69) is 65.3 Å². The predicted molar refractivity (Wildman–Crippen MR) is 103 cm³/mol. The van der Waals surface area contributed by atoms with E-state index in [1.165, 1.54) is 6.42 Å². The summed E-state index contributed by atoms with van der Waals surface area (Å²) in [5, 5.41) is 4.30. The SMILES string of the molecule is CC(C)N(CCCCN(C=O)N1C(C)(C)CCCC1(C)C)C(C)C. The minimum absolute atomic E-state index is 0.0462. The van der Waals surface area contributed by atoms with Crippen LogP contribution in [0.2, 0.25) is 0 Å². The third-order valence-electron chi connectivity index (χ3n) is 5.48. The summed E-state index contributed by atoms with van der Waals surface area (Å²) in [6.07, 6.45) is 6.76. The summed E-state index contributed by atoms with van der Waals surface area (Å²) in [6.45, 7) is 20.0. The molecule has 1 fully saturated rings. The Labute approximate surface area is 150 Å². The summed E-state index contributed by atoms with van der Waals surface area (Å²) in [6, 6.07) is 1.15. The number of nitrogens with zero attached hydrogens (tertiary/aromatic N) is 3. The Hall–Kier alpha value is -0.610. The lowest BCUT2D eigenvalue weighted by Crippen LogP contribution is -2.65. The molecule has 0 saturated carbocycles. The highest BCUT2D eigenvalue weighted by Crippen LogP contribution is 2.39. The second-order valence-electron chi connectivity index (χ2n) is 9.19. The van der Waals surface area contributed by atoms with Crippen LogP contribution in [0.1, 0.15) is 87.5 Å². The first-order chi connectivity index (χ1) is 11.0. The predicted octanol–water partition coefficient (Wildman–Crippen LogP) is 4.30. The standard InChI is InChI=1S/C20H41N3O/c1-17(2)22(18(3)4)15-10-9-14-21(16-24)23-19(5,6)12-11-13-20(23,7)8/h16-18H,9-15H2,1-8H3. The molecule has 0 aromatic heterocycles. The van der Waals surface area contributed by atoms with Crippen molar-refractivity contribution in [2.75, 3.05) is 13.1 Å². The fourth-order valence-corrected chi connectivity index (χ4v) is 4.56. The van der Waals surface area contributed by atoms with E-state index in [0.717, 1.165) is 45.2 Å². The Morgan fingerprint density at radius 1 is 0.917 bits per heavy atom. The molecule has 0 aromatic carbocycles. The quantitative estimate of drug-likeness (QED) is 0.463. The molecule has 24 heavy (non-hydrogen) atoms. The number of unbranched alkanes of at least 4 members (excludes halogenated alkanes) is 1. The average molecular weight is 340 g/mol. The molecule has 1 rings (SSSR count). The molecule has 1 heterocycles. The minimum atomic E-state index is 0.0462. The molecule has 0 radical (unpaired) electrons. The summed E-state index contributed by atoms with van der Waals surface area (Å²) < 4.78 is 0. The van der Waals surface area contributed by atoms with Crippen LogP contribution in [0.25, 0.3) is 0 Å². The molecule has 4 heteroatoms. The van der Waals surface area contributed by atoms with Crippen molar-refractivity contribution in [3.05, 3.63) is 0 Å². The van der Waals surface area contributed by atoms with Gasteiger partial charge < -0.3 is 0 Å². The molecule has 4 nitrogen and oxygen atoms in total. The van der Waals surface area contributed by atoms with Crippen LogP contribution in [0.4, 0.5) is 0 Å². The smallest absolute Gasteiger partial charge is 0.224 e. The summed E-state index contributed by atoms with van der Waals surface area (Å²) in [5.74, 6) is 0. The molecule has 0 bridgehead atoms. The second kappa shape index (κ2) is 8.66. The molecule has 0 aromatic rings. The highest BCUT2D eigenvalue weighted by molar-refractivity contribution is 5.46. The van der Waals surface area contributed by atoms with Gasteiger partial charge in [-0.2, -0.15) is 0 Å². The lowest BCUT2D eigenvalue weighted by Gasteiger charge is -2.56. The molecule has 0 N–H and O–H groups in total. The zero-order valence-electron chi connectivity index (χ0n) is 17.4. The topological polar surface area (TPSA) is 26.8 Å². The summed E-state index contributed by atoms with van der Waals surface area (Å²) in [4.78, 5) is 14.3. The molecule has 0 spiro atoms. The average Bonchev–Trinajstić information content (AvgIpc) is 2.42. The molecule has 0 atom stereocenters. The van der Waals surface area contributed by atoms with E-state index in [1.807, 2.05) is 5.01 Å². The third kappa shape index (κ3) is 5.45. The van der Waals surface area contributed by atoms with E-state index in [-0.39, 0.29) is 11.1 Å². The lowest BCUT2D eigenvalue weighted by molar-refractivity contribution is -0.185. The fourth-order valence-electron chi connectivity index (χ4n) is 4.56. The van der Waals surface area contributed by atoms with Crippen LogP contribution < -0.4 is 0 Å². The van der Waals surface area contributed by atoms with Gasteiger partial charge >= 0.3 is 0 Å². The minimum Gasteiger partial charge on any atom is -0.299 e. The number of hydrogen-bond donors (Lipinski definition) is 0. The van der Waals surface area contributed by atoms with Gasteiger partial charge in [0, 0.05) is 29.7 Å². The number of hydrazine groups is 1. The fraction of sp³-hybridized carbons (Fsp3) is 0.950. The van der Waals surface area contributed by atoms with E-state index in [4.69, 9.17) is 0 Å². The van der Waals surface area contributed by atoms with Crippen molar-refractivity contribution in [3.8, 4) is 0 Å². The van der Waals surface area contributed by atoms with E-state index in [1.54, 1.807) is 0 Å². The zero-order valence-corrected chi connectivity index (χ0v) is 17.4. The number of carbonyl (C=O) groups excluding carboxylic acids is 1. The molecule has 1 aliphatic heterocycles. The van der Waals surface area contributed by atoms with Gasteiger partial charge in [0.1, 0.15) is 0 Å². The maximum Gasteiger partial charge on any atom is 0.224 e. The molecule has 1 aliphatic rings. The van der Waals surface area contributed by atoms with Crippen LogP contribution in [0.15, 0.2) is 0 Å². The van der Waals surface area contributed by atoms with E-state index >= 15 is 0 Å². The molecule has 1 amide bonds. The Bertz CT molecular complexity index is 366. The largest absolute Gasteiger partial charge is 0.299 e. The highest BCUT2D eigenvalue weighted by Gasteiger charge is 2.44. The van der Waals surface area contributed by atoms with Crippen molar-refractivity contribution in [1.82, 2.24) is 14.9 Å². The normalized spacial score (nSPS) is 20.8. The molecule has 0 aliphatic carbocycles. The van der Waals surface area contributed by atoms with Gasteiger partial charge in [-0.1, -0.05) is 0 Å². The Kier molecular flexibility index (Phi) is 7.74. The van der Waals surface area contributed by atoms with Crippen LogP contribution in [-0.2, 0) is 4.79 Å². The van der Waals surface area contributed by atoms with Crippen molar-refractivity contribution in [3.63, 3.8) is 0 Å². The first-order valence-corrected chi connectivity index (χ1v) is 9.81. The maximum absolute atomic E-state index is 11.8. The first kappa shape index (κ1) is 21.4. The Morgan fingerprint density at radius 3 is 1.79 bits per heavy atom. The number of piperidine rings is 1. The second-order valence-corrected chi connectivity index (χ2v) is 9.19. The molecule has 0 unspecified atom stereocenters. The van der Waals surface area contributed by atoms with Gasteiger partial charge in [-0.15, -0.1) is 0 Å². The Balaban J connectivity index is 2.62. The van der Waals surface area contributed by atoms with Crippen LogP contribution in [0, 0.1) is 0 Å². The van der Waals surface area contributed by atoms with Crippen molar-refractivity contribution in [1.29, 1.82) is 0 Å². The third-order valence-corrected chi connectivity index (χ3v) is 5.48. The highest BCUT2D eigenvalue weighted by atomic mass is 16.2. The van der Waals surface area contributed by atoms with Crippen molar-refractivity contribution in [2.45, 2.75) is 111 Å². The summed E-state index contributed by atoms with van der Waals surface area (Å²) in [5.41, 5.74) is 0.0924. The lowest BCUT2D eigenvalue weighted by atomic mass is 9.81. The monoisotopic (exact) mass is 339 g/mol. The molecule has 142 valence electrons. The van der Waals surface area contributed by atoms with E-state index in [9.17, 15) is 4.79 Å². The molecule has 1 saturated heterocycles. The van der Waals surface area contributed by atoms with Crippen LogP contribution in [-0.4, -0.2) is 57.6 Å². The van der Waals surface area contributed by atoms with Crippen molar-refractivity contribution >= 4 is 6.41 Å². The number of amides is 1. The van der Waals surface area contributed by atoms with Gasteiger partial charge in [0.05, 0.1) is 0 Å². The van der Waals surface area contributed by atoms with Gasteiger partial charge in [-0.25, -0.2) is 5.01 Å². The van der Waals surface area contributed by atoms with Gasteiger partial charge in [-0.05, 0) is 94.0 Å². The summed E-state index contributed by atoms with van der Waals surface area (Å²) >= 11 is 0. The Morgan fingerprint density at radius 2 is 1.38 bits per heavy atom. The van der Waals surface area contributed by atoms with Gasteiger partial charge in [-0.3, -0.25) is 14.7 Å². The summed E-state index contributed by atoms with van der Waals surface area (Å²) in [7, 11) is 0. The number of hydrogen-bond acceptors (Lipinski definition) is 3. The first-order valence-electron chi connectivity index (χ1n) is 9.81. The number of rotatable bonds is 9. The van der Waals surface area contributed by atoms with Crippen molar-refractivity contribution < 1.29 is 4.79 Å². The van der Waals surface area contributed by atoms with E-state index < -0.39 is 0 Å². The van der Waals surface area contributed by atoms with Gasteiger partial charge in [0.2, 0.25) is 6.41 Å². The van der Waals surface area contributed by atoms with Gasteiger partial charge in [0.15, 0.2) is 0 Å². The molecular weight excluding hydrogens is 298 g/mol. The van der Waals surface area contributed by atoms with Crippen LogP contribution in [0.3, 0.4) is 0 Å². The van der Waals surface area contributed by atoms with E-state index in [0.29, 0.717) is 12.1 Å². The van der Waals surface area contributed by atoms with Crippen LogP contribution in [0.5, 0.6) is 0 Å². The van der Waals surface area contributed by atoms with Crippen molar-refractivity contribution in [2.24, 2.45) is 0 Å².